The van der Waals surface area contributed by atoms with E-state index in [0.717, 1.165) is 9.88 Å². The zero-order valence-electron chi connectivity index (χ0n) is 14.6. The molecule has 3 rings (SSSR count). The van der Waals surface area contributed by atoms with Crippen LogP contribution in [0, 0.1) is 0 Å². The van der Waals surface area contributed by atoms with E-state index in [1.165, 1.54) is 36.5 Å². The summed E-state index contributed by atoms with van der Waals surface area (Å²) >= 11 is 2.88. The summed E-state index contributed by atoms with van der Waals surface area (Å²) in [6, 6.07) is 10.4. The molecule has 2 heterocycles. The molecule has 138 valence electrons. The summed E-state index contributed by atoms with van der Waals surface area (Å²) in [5.41, 5.74) is 1.12. The Morgan fingerprint density at radius 3 is 2.67 bits per heavy atom. The standard InChI is InChI=1S/C19H16N2O4S2/c1-11(22)13-5-3-6-14(9-13)20-17(23)12(2)25-19(24)15-10-27-18(21-15)16-7-4-8-26-16/h3-10,12H,1-2H3,(H,20,23)/t12-/m0/s1. The molecule has 0 bridgehead atoms. The number of ketones is 1. The third-order valence-corrected chi connectivity index (χ3v) is 5.52. The number of ether oxygens (including phenoxy) is 1. The molecule has 0 radical (unpaired) electrons. The van der Waals surface area contributed by atoms with Crippen molar-refractivity contribution in [3.8, 4) is 9.88 Å². The third-order valence-electron chi connectivity index (χ3n) is 3.63. The van der Waals surface area contributed by atoms with Crippen molar-refractivity contribution in [1.82, 2.24) is 4.98 Å². The maximum atomic E-state index is 12.3. The second-order valence-electron chi connectivity index (χ2n) is 5.69. The summed E-state index contributed by atoms with van der Waals surface area (Å²) in [6.45, 7) is 2.93. The summed E-state index contributed by atoms with van der Waals surface area (Å²) in [7, 11) is 0. The number of benzene rings is 1. The summed E-state index contributed by atoms with van der Waals surface area (Å²) in [5, 5.41) is 6.91. The monoisotopic (exact) mass is 400 g/mol. The van der Waals surface area contributed by atoms with Crippen molar-refractivity contribution in [2.24, 2.45) is 0 Å². The fraction of sp³-hybridized carbons (Fsp3) is 0.158. The van der Waals surface area contributed by atoms with Crippen LogP contribution in [0.15, 0.2) is 47.2 Å². The van der Waals surface area contributed by atoms with Gasteiger partial charge in [-0.05, 0) is 37.4 Å². The normalized spacial score (nSPS) is 11.6. The molecule has 0 aliphatic rings. The molecular weight excluding hydrogens is 384 g/mol. The van der Waals surface area contributed by atoms with Crippen LogP contribution in [-0.2, 0) is 9.53 Å². The molecule has 2 aromatic heterocycles. The van der Waals surface area contributed by atoms with Crippen LogP contribution in [0.25, 0.3) is 9.88 Å². The number of esters is 1. The predicted octanol–water partition coefficient (Wildman–Crippen LogP) is 4.26. The zero-order chi connectivity index (χ0) is 19.4. The minimum absolute atomic E-state index is 0.101. The Kier molecular flexibility index (Phi) is 5.78. The number of thiazole rings is 1. The molecule has 0 unspecified atom stereocenters. The Morgan fingerprint density at radius 1 is 1.15 bits per heavy atom. The van der Waals surface area contributed by atoms with E-state index in [1.54, 1.807) is 29.6 Å². The van der Waals surface area contributed by atoms with Crippen LogP contribution in [0.3, 0.4) is 0 Å². The molecule has 0 aliphatic heterocycles. The number of hydrogen-bond donors (Lipinski definition) is 1. The largest absolute Gasteiger partial charge is 0.448 e. The molecule has 8 heteroatoms. The minimum Gasteiger partial charge on any atom is -0.448 e. The smallest absolute Gasteiger partial charge is 0.358 e. The van der Waals surface area contributed by atoms with E-state index >= 15 is 0 Å². The molecule has 1 atom stereocenters. The fourth-order valence-corrected chi connectivity index (χ4v) is 3.82. The van der Waals surface area contributed by atoms with Crippen LogP contribution in [0.2, 0.25) is 0 Å². The number of nitrogens with one attached hydrogen (secondary N) is 1. The van der Waals surface area contributed by atoms with E-state index < -0.39 is 18.0 Å². The van der Waals surface area contributed by atoms with Crippen LogP contribution in [0.5, 0.6) is 0 Å². The number of aromatic nitrogens is 1. The van der Waals surface area contributed by atoms with E-state index in [0.29, 0.717) is 11.3 Å². The predicted molar refractivity (Wildman–Crippen MR) is 105 cm³/mol. The lowest BCUT2D eigenvalue weighted by Crippen LogP contribution is -2.30. The van der Waals surface area contributed by atoms with Gasteiger partial charge in [-0.15, -0.1) is 22.7 Å². The van der Waals surface area contributed by atoms with Gasteiger partial charge in [-0.1, -0.05) is 18.2 Å². The Morgan fingerprint density at radius 2 is 1.96 bits per heavy atom. The van der Waals surface area contributed by atoms with Crippen LogP contribution < -0.4 is 5.32 Å². The first-order chi connectivity index (χ1) is 12.9. The number of nitrogens with zero attached hydrogens (tertiary/aromatic N) is 1. The van der Waals surface area contributed by atoms with Gasteiger partial charge in [-0.2, -0.15) is 0 Å². The molecule has 0 aliphatic carbocycles. The highest BCUT2D eigenvalue weighted by Crippen LogP contribution is 2.28. The van der Waals surface area contributed by atoms with Crippen LogP contribution in [-0.4, -0.2) is 28.7 Å². The first-order valence-electron chi connectivity index (χ1n) is 8.06. The highest BCUT2D eigenvalue weighted by molar-refractivity contribution is 7.20. The number of carbonyl (C=O) groups excluding carboxylic acids is 3. The second-order valence-corrected chi connectivity index (χ2v) is 7.49. The molecule has 0 fully saturated rings. The third kappa shape index (κ3) is 4.66. The van der Waals surface area contributed by atoms with Crippen LogP contribution in [0.1, 0.15) is 34.7 Å². The maximum Gasteiger partial charge on any atom is 0.358 e. The summed E-state index contributed by atoms with van der Waals surface area (Å²) < 4.78 is 5.21. The highest BCUT2D eigenvalue weighted by atomic mass is 32.1. The SMILES string of the molecule is CC(=O)c1cccc(NC(=O)[C@H](C)OC(=O)c2csc(-c3cccs3)n2)c1. The minimum atomic E-state index is -1.01. The van der Waals surface area contributed by atoms with Crippen molar-refractivity contribution in [3.63, 3.8) is 0 Å². The molecule has 1 aromatic carbocycles. The van der Waals surface area contributed by atoms with E-state index in [2.05, 4.69) is 10.3 Å². The van der Waals surface area contributed by atoms with E-state index in [9.17, 15) is 14.4 Å². The summed E-state index contributed by atoms with van der Waals surface area (Å²) in [4.78, 5) is 41.2. The van der Waals surface area contributed by atoms with Gasteiger partial charge in [0.25, 0.3) is 5.91 Å². The molecule has 0 saturated carbocycles. The molecular formula is C19H16N2O4S2. The first kappa shape index (κ1) is 18.9. The van der Waals surface area contributed by atoms with Gasteiger partial charge in [0.1, 0.15) is 5.01 Å². The molecule has 3 aromatic rings. The van der Waals surface area contributed by atoms with Gasteiger partial charge in [0.05, 0.1) is 4.88 Å². The van der Waals surface area contributed by atoms with Crippen molar-refractivity contribution < 1.29 is 19.1 Å². The number of carbonyl (C=O) groups is 3. The number of Topliss-reactive ketones (excluding diaryl/α,β-unsaturated/α-hetero) is 1. The summed E-state index contributed by atoms with van der Waals surface area (Å²) in [6.07, 6.45) is -1.01. The number of anilines is 1. The van der Waals surface area contributed by atoms with E-state index in [1.807, 2.05) is 17.5 Å². The van der Waals surface area contributed by atoms with E-state index in [-0.39, 0.29) is 11.5 Å². The molecule has 1 N–H and O–H groups in total. The molecule has 6 nitrogen and oxygen atoms in total. The van der Waals surface area contributed by atoms with Crippen molar-refractivity contribution in [2.75, 3.05) is 5.32 Å². The Hall–Kier alpha value is -2.84. The van der Waals surface area contributed by atoms with Crippen molar-refractivity contribution in [1.29, 1.82) is 0 Å². The topological polar surface area (TPSA) is 85.4 Å². The Bertz CT molecular complexity index is 979. The highest BCUT2D eigenvalue weighted by Gasteiger charge is 2.21. The molecule has 0 spiro atoms. The van der Waals surface area contributed by atoms with E-state index in [4.69, 9.17) is 4.74 Å². The number of rotatable bonds is 6. The number of thiophene rings is 1. The Balaban J connectivity index is 1.62. The second kappa shape index (κ2) is 8.24. The fourth-order valence-electron chi connectivity index (χ4n) is 2.22. The van der Waals surface area contributed by atoms with Crippen molar-refractivity contribution in [2.45, 2.75) is 20.0 Å². The quantitative estimate of drug-likeness (QED) is 0.494. The van der Waals surface area contributed by atoms with Gasteiger partial charge in [0.2, 0.25) is 0 Å². The lowest BCUT2D eigenvalue weighted by molar-refractivity contribution is -0.123. The molecule has 1 amide bonds. The lowest BCUT2D eigenvalue weighted by atomic mass is 10.1. The van der Waals surface area contributed by atoms with Gasteiger partial charge in [-0.3, -0.25) is 9.59 Å². The first-order valence-corrected chi connectivity index (χ1v) is 9.82. The average Bonchev–Trinajstić information content (AvgIpc) is 3.33. The zero-order valence-corrected chi connectivity index (χ0v) is 16.2. The average molecular weight is 400 g/mol. The summed E-state index contributed by atoms with van der Waals surface area (Å²) in [5.74, 6) is -1.25. The van der Waals surface area contributed by atoms with Gasteiger partial charge >= 0.3 is 5.97 Å². The number of amides is 1. The van der Waals surface area contributed by atoms with Crippen LogP contribution in [0.4, 0.5) is 5.69 Å². The Labute approximate surface area is 163 Å². The van der Waals surface area contributed by atoms with Crippen molar-refractivity contribution in [3.05, 3.63) is 58.4 Å². The molecule has 0 saturated heterocycles. The molecule has 27 heavy (non-hydrogen) atoms. The van der Waals surface area contributed by atoms with Gasteiger partial charge in [0.15, 0.2) is 17.6 Å². The number of hydrogen-bond acceptors (Lipinski definition) is 7. The lowest BCUT2D eigenvalue weighted by Gasteiger charge is -2.13. The van der Waals surface area contributed by atoms with Crippen molar-refractivity contribution >= 4 is 46.0 Å². The van der Waals surface area contributed by atoms with Gasteiger partial charge in [0, 0.05) is 16.6 Å². The maximum absolute atomic E-state index is 12.3. The van der Waals surface area contributed by atoms with Gasteiger partial charge in [-0.25, -0.2) is 9.78 Å². The van der Waals surface area contributed by atoms with Crippen LogP contribution >= 0.6 is 22.7 Å². The van der Waals surface area contributed by atoms with Gasteiger partial charge < -0.3 is 10.1 Å².